The van der Waals surface area contributed by atoms with Gasteiger partial charge in [-0.1, -0.05) is 42.5 Å². The van der Waals surface area contributed by atoms with E-state index in [0.29, 0.717) is 38.6 Å². The van der Waals surface area contributed by atoms with Crippen LogP contribution >= 0.6 is 0 Å². The minimum atomic E-state index is -0.188. The van der Waals surface area contributed by atoms with E-state index >= 15 is 0 Å². The van der Waals surface area contributed by atoms with Crippen molar-refractivity contribution in [2.75, 3.05) is 45.6 Å². The van der Waals surface area contributed by atoms with E-state index in [1.807, 2.05) is 32.3 Å². The van der Waals surface area contributed by atoms with Gasteiger partial charge in [-0.05, 0) is 23.3 Å². The van der Waals surface area contributed by atoms with Crippen LogP contribution in [-0.2, 0) is 11.3 Å². The Morgan fingerprint density at radius 2 is 2.00 bits per heavy atom. The van der Waals surface area contributed by atoms with Gasteiger partial charge in [0.05, 0.1) is 30.4 Å². The summed E-state index contributed by atoms with van der Waals surface area (Å²) in [6.07, 6.45) is 3.37. The van der Waals surface area contributed by atoms with E-state index in [-0.39, 0.29) is 18.2 Å². The molecule has 0 radical (unpaired) electrons. The van der Waals surface area contributed by atoms with Gasteiger partial charge in [0, 0.05) is 50.4 Å². The number of nitrogen functional groups attached to an aromatic ring is 1. The van der Waals surface area contributed by atoms with E-state index in [0.717, 1.165) is 39.8 Å². The summed E-state index contributed by atoms with van der Waals surface area (Å²) in [5, 5.41) is 13.2. The predicted octanol–water partition coefficient (Wildman–Crippen LogP) is 2.77. The van der Waals surface area contributed by atoms with E-state index in [4.69, 9.17) is 15.6 Å². The fraction of sp³-hybridized carbons (Fsp3) is 0.310. The molecule has 2 unspecified atom stereocenters. The third kappa shape index (κ3) is 4.33. The number of morpholine rings is 1. The van der Waals surface area contributed by atoms with Crippen molar-refractivity contribution in [3.05, 3.63) is 78.4 Å². The minimum absolute atomic E-state index is 0.0435. The molecule has 3 aromatic heterocycles. The number of hydrogen-bond donors (Lipinski definition) is 2. The van der Waals surface area contributed by atoms with Crippen LogP contribution in [0, 0.1) is 0 Å². The lowest BCUT2D eigenvalue weighted by molar-refractivity contribution is -0.0866. The Kier molecular flexibility index (Phi) is 6.09. The van der Waals surface area contributed by atoms with Crippen molar-refractivity contribution in [2.24, 2.45) is 0 Å². The summed E-state index contributed by atoms with van der Waals surface area (Å²) >= 11 is 0. The topological polar surface area (TPSA) is 119 Å². The van der Waals surface area contributed by atoms with Crippen molar-refractivity contribution in [2.45, 2.75) is 18.7 Å². The van der Waals surface area contributed by atoms with Gasteiger partial charge in [0.1, 0.15) is 17.9 Å². The van der Waals surface area contributed by atoms with Crippen molar-refractivity contribution in [3.63, 3.8) is 0 Å². The maximum atomic E-state index is 12.1. The Bertz CT molecular complexity index is 1700. The molecule has 2 fully saturated rings. The third-order valence-corrected chi connectivity index (χ3v) is 7.99. The number of rotatable bonds is 4. The zero-order valence-corrected chi connectivity index (χ0v) is 22.3. The van der Waals surface area contributed by atoms with Gasteiger partial charge in [-0.2, -0.15) is 10.2 Å². The molecular formula is C29H31N9O2. The van der Waals surface area contributed by atoms with Crippen LogP contribution in [0.25, 0.3) is 27.5 Å². The van der Waals surface area contributed by atoms with Crippen molar-refractivity contribution in [3.8, 4) is 11.1 Å². The van der Waals surface area contributed by atoms with E-state index in [1.54, 1.807) is 7.05 Å². The van der Waals surface area contributed by atoms with Gasteiger partial charge in [-0.25, -0.2) is 14.3 Å². The number of urea groups is 1. The number of nitrogens with zero attached hydrogens (tertiary/aromatic N) is 7. The number of aromatic nitrogens is 5. The number of benzene rings is 2. The first-order chi connectivity index (χ1) is 19.6. The summed E-state index contributed by atoms with van der Waals surface area (Å²) in [6, 6.07) is 18.8. The van der Waals surface area contributed by atoms with Crippen LogP contribution in [0.15, 0.2) is 67.1 Å². The number of anilines is 1. The van der Waals surface area contributed by atoms with Crippen LogP contribution in [0.3, 0.4) is 0 Å². The van der Waals surface area contributed by atoms with Gasteiger partial charge in [-0.15, -0.1) is 0 Å². The number of nitrogens with two attached hydrogens (primary N) is 1. The van der Waals surface area contributed by atoms with Crippen LogP contribution in [0.2, 0.25) is 0 Å². The Labute approximate surface area is 231 Å². The van der Waals surface area contributed by atoms with Crippen LogP contribution < -0.4 is 11.1 Å². The first-order valence-corrected chi connectivity index (χ1v) is 13.5. The summed E-state index contributed by atoms with van der Waals surface area (Å²) in [5.74, 6) is 0.416. The molecule has 11 heteroatoms. The molecule has 2 atom stereocenters. The molecule has 0 bridgehead atoms. The van der Waals surface area contributed by atoms with E-state index in [2.05, 4.69) is 62.9 Å². The molecule has 2 amide bonds. The number of amides is 2. The number of nitrogens with one attached hydrogen (secondary N) is 1. The number of piperazine rings is 1. The number of carbonyl (C=O) groups is 1. The van der Waals surface area contributed by atoms with Gasteiger partial charge < -0.3 is 20.7 Å². The Morgan fingerprint density at radius 3 is 2.85 bits per heavy atom. The van der Waals surface area contributed by atoms with Gasteiger partial charge >= 0.3 is 6.03 Å². The zero-order chi connectivity index (χ0) is 27.2. The highest BCUT2D eigenvalue weighted by Gasteiger charge is 2.37. The van der Waals surface area contributed by atoms with Crippen molar-refractivity contribution in [1.82, 2.24) is 39.5 Å². The smallest absolute Gasteiger partial charge is 0.317 e. The Hall–Kier alpha value is -4.48. The fourth-order valence-corrected chi connectivity index (χ4v) is 5.93. The quantitative estimate of drug-likeness (QED) is 0.362. The molecule has 2 aliphatic heterocycles. The lowest BCUT2D eigenvalue weighted by Crippen LogP contribution is -2.60. The summed E-state index contributed by atoms with van der Waals surface area (Å²) in [6.45, 7) is 4.10. The molecule has 40 heavy (non-hydrogen) atoms. The predicted molar refractivity (Wildman–Crippen MR) is 152 cm³/mol. The zero-order valence-electron chi connectivity index (χ0n) is 22.3. The molecule has 0 spiro atoms. The Morgan fingerprint density at radius 1 is 1.12 bits per heavy atom. The molecule has 2 aromatic carbocycles. The van der Waals surface area contributed by atoms with Crippen LogP contribution in [0.1, 0.15) is 17.4 Å². The average molecular weight is 538 g/mol. The second kappa shape index (κ2) is 9.92. The highest BCUT2D eigenvalue weighted by atomic mass is 16.5. The highest BCUT2D eigenvalue weighted by Crippen LogP contribution is 2.36. The van der Waals surface area contributed by atoms with E-state index in [9.17, 15) is 4.79 Å². The second-order valence-electron chi connectivity index (χ2n) is 10.4. The minimum Gasteiger partial charge on any atom is -0.382 e. The monoisotopic (exact) mass is 537 g/mol. The molecule has 0 aliphatic carbocycles. The summed E-state index contributed by atoms with van der Waals surface area (Å²) < 4.78 is 10.2. The van der Waals surface area contributed by atoms with Gasteiger partial charge in [0.15, 0.2) is 5.82 Å². The summed E-state index contributed by atoms with van der Waals surface area (Å²) in [5.41, 5.74) is 12.2. The number of ether oxygens (including phenoxy) is 1. The SMILES string of the molecule is CNC(=O)N1CCN2CC(c3cc(-c4ccc5cn(Cc6ccccc6)nc5c4)c4c(N)ncnn34)OCC2C1. The first-order valence-electron chi connectivity index (χ1n) is 13.5. The van der Waals surface area contributed by atoms with Gasteiger partial charge in [0.25, 0.3) is 0 Å². The number of hydrogen-bond acceptors (Lipinski definition) is 7. The van der Waals surface area contributed by atoms with Crippen molar-refractivity contribution < 1.29 is 9.53 Å². The highest BCUT2D eigenvalue weighted by molar-refractivity contribution is 5.92. The molecule has 5 aromatic rings. The van der Waals surface area contributed by atoms with Gasteiger partial charge in [-0.3, -0.25) is 9.58 Å². The lowest BCUT2D eigenvalue weighted by Gasteiger charge is -2.45. The van der Waals surface area contributed by atoms with Crippen molar-refractivity contribution in [1.29, 1.82) is 0 Å². The van der Waals surface area contributed by atoms with Crippen LogP contribution in [0.5, 0.6) is 0 Å². The summed E-state index contributed by atoms with van der Waals surface area (Å²) in [4.78, 5) is 20.7. The maximum Gasteiger partial charge on any atom is 0.317 e. The number of fused-ring (bicyclic) bond motifs is 3. The standard InChI is InChI=1S/C29H31N9O2/c1-31-29(39)36-10-9-35-16-26(40-17-22(35)15-36)25-12-23(27-28(30)32-18-33-38(25)27)20-7-8-21-14-37(34-24(21)11-20)13-19-5-3-2-4-6-19/h2-8,11-12,14,18,22,26H,9-10,13,15-17H2,1H3,(H,31,39)(H2,30,32,33). The molecule has 2 saturated heterocycles. The molecule has 11 nitrogen and oxygen atoms in total. The molecule has 2 aliphatic rings. The fourth-order valence-electron chi connectivity index (χ4n) is 5.93. The maximum absolute atomic E-state index is 12.1. The number of carbonyl (C=O) groups excluding carboxylic acids is 1. The van der Waals surface area contributed by atoms with E-state index < -0.39 is 0 Å². The van der Waals surface area contributed by atoms with Gasteiger partial charge in [0.2, 0.25) is 0 Å². The second-order valence-corrected chi connectivity index (χ2v) is 10.4. The average Bonchev–Trinajstić information content (AvgIpc) is 3.58. The van der Waals surface area contributed by atoms with E-state index in [1.165, 1.54) is 11.9 Å². The molecule has 3 N–H and O–H groups in total. The molecule has 5 heterocycles. The summed E-state index contributed by atoms with van der Waals surface area (Å²) in [7, 11) is 1.67. The molecular weight excluding hydrogens is 506 g/mol. The normalized spacial score (nSPS) is 19.7. The van der Waals surface area contributed by atoms with Crippen LogP contribution in [-0.4, -0.2) is 86.1 Å². The van der Waals surface area contributed by atoms with Crippen LogP contribution in [0.4, 0.5) is 10.6 Å². The largest absolute Gasteiger partial charge is 0.382 e. The molecule has 7 rings (SSSR count). The molecule has 204 valence electrons. The van der Waals surface area contributed by atoms with Crippen molar-refractivity contribution >= 4 is 28.3 Å². The third-order valence-electron chi connectivity index (χ3n) is 7.99. The Balaban J connectivity index is 1.20. The molecule has 0 saturated carbocycles. The lowest BCUT2D eigenvalue weighted by atomic mass is 10.0. The first kappa shape index (κ1) is 24.6.